The van der Waals surface area contributed by atoms with E-state index in [2.05, 4.69) is 39.4 Å². The summed E-state index contributed by atoms with van der Waals surface area (Å²) in [6.45, 7) is 5.94. The van der Waals surface area contributed by atoms with Crippen LogP contribution in [-0.4, -0.2) is 61.6 Å². The van der Waals surface area contributed by atoms with Gasteiger partial charge < -0.3 is 15.1 Å². The van der Waals surface area contributed by atoms with Gasteiger partial charge in [0.05, 0.1) is 0 Å². The van der Waals surface area contributed by atoms with Gasteiger partial charge in [0.25, 0.3) is 0 Å². The van der Waals surface area contributed by atoms with Crippen LogP contribution in [0.5, 0.6) is 0 Å². The van der Waals surface area contributed by atoms with Crippen LogP contribution in [0.15, 0.2) is 29.3 Å². The minimum Gasteiger partial charge on any atom is -0.356 e. The van der Waals surface area contributed by atoms with Crippen LogP contribution < -0.4 is 5.32 Å². The molecule has 1 saturated carbocycles. The largest absolute Gasteiger partial charge is 0.356 e. The Kier molecular flexibility index (Phi) is 5.08. The normalized spacial score (nSPS) is 31.2. The number of aliphatic imine (C=N–C) groups is 1. The summed E-state index contributed by atoms with van der Waals surface area (Å²) in [5, 5.41) is 3.76. The van der Waals surface area contributed by atoms with Gasteiger partial charge in [-0.1, -0.05) is 24.3 Å². The average Bonchev–Trinajstić information content (AvgIpc) is 3.48. The Bertz CT molecular complexity index is 725. The van der Waals surface area contributed by atoms with Crippen molar-refractivity contribution in [2.75, 3.05) is 39.8 Å². The molecule has 5 rings (SSSR count). The van der Waals surface area contributed by atoms with Crippen molar-refractivity contribution in [1.29, 1.82) is 0 Å². The van der Waals surface area contributed by atoms with Crippen LogP contribution in [0.3, 0.4) is 0 Å². The SMILES string of the molecule is CN=C(NCC1CCN(C2CC2)C1)N1CCCC2(CCCc3ccccc32)C1. The molecule has 0 radical (unpaired) electrons. The maximum Gasteiger partial charge on any atom is 0.193 e. The lowest BCUT2D eigenvalue weighted by Crippen LogP contribution is -2.53. The topological polar surface area (TPSA) is 30.9 Å². The predicted molar refractivity (Wildman–Crippen MR) is 116 cm³/mol. The summed E-state index contributed by atoms with van der Waals surface area (Å²) in [5.41, 5.74) is 3.54. The van der Waals surface area contributed by atoms with Gasteiger partial charge in [-0.3, -0.25) is 4.99 Å². The van der Waals surface area contributed by atoms with E-state index in [9.17, 15) is 0 Å². The van der Waals surface area contributed by atoms with Crippen LogP contribution in [0.25, 0.3) is 0 Å². The molecule has 0 aromatic heterocycles. The third-order valence-corrected chi connectivity index (χ3v) is 7.71. The molecule has 2 saturated heterocycles. The number of likely N-dealkylation sites (tertiary alicyclic amines) is 2. The quantitative estimate of drug-likeness (QED) is 0.644. The summed E-state index contributed by atoms with van der Waals surface area (Å²) in [7, 11) is 1.96. The molecule has 1 aromatic carbocycles. The number of nitrogens with zero attached hydrogens (tertiary/aromatic N) is 3. The first-order valence-electron chi connectivity index (χ1n) is 11.6. The molecule has 2 unspecified atom stereocenters. The van der Waals surface area contributed by atoms with E-state index < -0.39 is 0 Å². The molecule has 3 fully saturated rings. The van der Waals surface area contributed by atoms with Gasteiger partial charge in [0.1, 0.15) is 0 Å². The molecule has 0 amide bonds. The van der Waals surface area contributed by atoms with E-state index in [1.165, 1.54) is 64.5 Å². The lowest BCUT2D eigenvalue weighted by atomic mass is 9.66. The highest BCUT2D eigenvalue weighted by atomic mass is 15.3. The summed E-state index contributed by atoms with van der Waals surface area (Å²) in [5.74, 6) is 1.92. The monoisotopic (exact) mass is 380 g/mol. The van der Waals surface area contributed by atoms with E-state index in [0.717, 1.165) is 37.6 Å². The number of nitrogens with one attached hydrogen (secondary N) is 1. The molecule has 2 aliphatic carbocycles. The van der Waals surface area contributed by atoms with Gasteiger partial charge in [0, 0.05) is 44.7 Å². The van der Waals surface area contributed by atoms with Gasteiger partial charge in [0.2, 0.25) is 0 Å². The Labute approximate surface area is 170 Å². The second-order valence-electron chi connectivity index (χ2n) is 9.63. The highest BCUT2D eigenvalue weighted by Crippen LogP contribution is 2.43. The summed E-state index contributed by atoms with van der Waals surface area (Å²) < 4.78 is 0. The molecular formula is C24H36N4. The lowest BCUT2D eigenvalue weighted by Gasteiger charge is -2.47. The van der Waals surface area contributed by atoms with E-state index in [1.54, 1.807) is 11.1 Å². The van der Waals surface area contributed by atoms with Gasteiger partial charge in [0.15, 0.2) is 5.96 Å². The van der Waals surface area contributed by atoms with Crippen molar-refractivity contribution in [3.05, 3.63) is 35.4 Å². The molecule has 4 aliphatic rings. The Balaban J connectivity index is 1.24. The Morgan fingerprint density at radius 1 is 1.14 bits per heavy atom. The van der Waals surface area contributed by atoms with E-state index in [1.807, 2.05) is 7.05 Å². The van der Waals surface area contributed by atoms with E-state index in [-0.39, 0.29) is 0 Å². The summed E-state index contributed by atoms with van der Waals surface area (Å²) in [4.78, 5) is 9.96. The zero-order chi connectivity index (χ0) is 19.0. The van der Waals surface area contributed by atoms with E-state index in [4.69, 9.17) is 4.99 Å². The van der Waals surface area contributed by atoms with Gasteiger partial charge in [-0.2, -0.15) is 0 Å². The first kappa shape index (κ1) is 18.5. The molecule has 2 heterocycles. The van der Waals surface area contributed by atoms with Crippen LogP contribution in [0.1, 0.15) is 56.1 Å². The smallest absolute Gasteiger partial charge is 0.193 e. The standard InChI is InChI=1S/C24H36N4/c1-25-23(26-16-19-11-15-27(17-19)21-9-10-21)28-14-5-13-24(18-28)12-4-7-20-6-2-3-8-22(20)24/h2-3,6,8,19,21H,4-5,7,9-18H2,1H3,(H,25,26). The number of guanidine groups is 1. The van der Waals surface area contributed by atoms with Crippen molar-refractivity contribution >= 4 is 5.96 Å². The molecule has 152 valence electrons. The third kappa shape index (κ3) is 3.56. The van der Waals surface area contributed by atoms with Gasteiger partial charge in [-0.05, 0) is 75.0 Å². The number of aryl methyl sites for hydroxylation is 1. The molecule has 1 N–H and O–H groups in total. The van der Waals surface area contributed by atoms with Crippen molar-refractivity contribution < 1.29 is 0 Å². The Morgan fingerprint density at radius 2 is 2.00 bits per heavy atom. The molecule has 28 heavy (non-hydrogen) atoms. The summed E-state index contributed by atoms with van der Waals surface area (Å²) in [6.07, 6.45) is 10.7. The van der Waals surface area contributed by atoms with Crippen molar-refractivity contribution in [3.8, 4) is 0 Å². The molecule has 2 aliphatic heterocycles. The molecule has 4 nitrogen and oxygen atoms in total. The average molecular weight is 381 g/mol. The van der Waals surface area contributed by atoms with Gasteiger partial charge in [-0.25, -0.2) is 0 Å². The highest BCUT2D eigenvalue weighted by molar-refractivity contribution is 5.80. The molecule has 4 heteroatoms. The van der Waals surface area contributed by atoms with Gasteiger partial charge >= 0.3 is 0 Å². The zero-order valence-corrected chi connectivity index (χ0v) is 17.5. The first-order valence-corrected chi connectivity index (χ1v) is 11.6. The molecule has 1 aromatic rings. The van der Waals surface area contributed by atoms with Crippen molar-refractivity contribution in [3.63, 3.8) is 0 Å². The van der Waals surface area contributed by atoms with Crippen LogP contribution in [0.2, 0.25) is 0 Å². The second kappa shape index (κ2) is 7.70. The maximum atomic E-state index is 4.69. The number of fused-ring (bicyclic) bond motifs is 2. The van der Waals surface area contributed by atoms with Crippen LogP contribution >= 0.6 is 0 Å². The van der Waals surface area contributed by atoms with E-state index >= 15 is 0 Å². The van der Waals surface area contributed by atoms with Gasteiger partial charge in [-0.15, -0.1) is 0 Å². The third-order valence-electron chi connectivity index (χ3n) is 7.71. The molecule has 0 bridgehead atoms. The number of rotatable bonds is 3. The molecular weight excluding hydrogens is 344 g/mol. The predicted octanol–water partition coefficient (Wildman–Crippen LogP) is 3.42. The van der Waals surface area contributed by atoms with Crippen LogP contribution in [0, 0.1) is 5.92 Å². The van der Waals surface area contributed by atoms with E-state index in [0.29, 0.717) is 5.41 Å². The minimum atomic E-state index is 0.334. The summed E-state index contributed by atoms with van der Waals surface area (Å²) >= 11 is 0. The summed E-state index contributed by atoms with van der Waals surface area (Å²) in [6, 6.07) is 10.1. The maximum absolute atomic E-state index is 4.69. The van der Waals surface area contributed by atoms with Crippen LogP contribution in [0.4, 0.5) is 0 Å². The Hall–Kier alpha value is -1.55. The number of hydrogen-bond acceptors (Lipinski definition) is 2. The molecule has 2 atom stereocenters. The number of hydrogen-bond donors (Lipinski definition) is 1. The van der Waals surface area contributed by atoms with Crippen LogP contribution in [-0.2, 0) is 11.8 Å². The minimum absolute atomic E-state index is 0.334. The highest BCUT2D eigenvalue weighted by Gasteiger charge is 2.41. The van der Waals surface area contributed by atoms with Crippen molar-refractivity contribution in [2.24, 2.45) is 10.9 Å². The zero-order valence-electron chi connectivity index (χ0n) is 17.5. The fourth-order valence-electron chi connectivity index (χ4n) is 6.11. The number of piperidine rings is 1. The molecule has 1 spiro atoms. The van der Waals surface area contributed by atoms with Crippen molar-refractivity contribution in [1.82, 2.24) is 15.1 Å². The fourth-order valence-corrected chi connectivity index (χ4v) is 6.11. The van der Waals surface area contributed by atoms with Crippen molar-refractivity contribution in [2.45, 2.75) is 62.8 Å². The first-order chi connectivity index (χ1) is 13.8. The fraction of sp³-hybridized carbons (Fsp3) is 0.708. The lowest BCUT2D eigenvalue weighted by molar-refractivity contribution is 0.188. The number of benzene rings is 1. The second-order valence-corrected chi connectivity index (χ2v) is 9.63. The Morgan fingerprint density at radius 3 is 2.86 bits per heavy atom.